The lowest BCUT2D eigenvalue weighted by Gasteiger charge is -2.13. The van der Waals surface area contributed by atoms with E-state index in [0.29, 0.717) is 36.8 Å². The van der Waals surface area contributed by atoms with E-state index in [4.69, 9.17) is 35.2 Å². The summed E-state index contributed by atoms with van der Waals surface area (Å²) in [6, 6.07) is 6.64. The minimum absolute atomic E-state index is 0.111. The van der Waals surface area contributed by atoms with Gasteiger partial charge in [0.25, 0.3) is 0 Å². The third-order valence-electron chi connectivity index (χ3n) is 4.39. The number of nitrogens with zero attached hydrogens (tertiary/aromatic N) is 1. The van der Waals surface area contributed by atoms with Crippen LogP contribution < -0.4 is 35.2 Å². The fourth-order valence-corrected chi connectivity index (χ4v) is 2.88. The average Bonchev–Trinajstić information content (AvgIpc) is 2.79. The maximum atomic E-state index is 10.8. The van der Waals surface area contributed by atoms with E-state index in [2.05, 4.69) is 0 Å². The topological polar surface area (TPSA) is 141 Å². The smallest absolute Gasteiger partial charge is 0.314 e. The molecule has 0 unspecified atom stereocenters. The van der Waals surface area contributed by atoms with E-state index in [9.17, 15) is 10.1 Å². The number of nitrogens with two attached hydrogens (primary N) is 2. The predicted octanol–water partition coefficient (Wildman–Crippen LogP) is 2.33. The van der Waals surface area contributed by atoms with Crippen molar-refractivity contribution in [3.8, 4) is 28.7 Å². The van der Waals surface area contributed by atoms with Crippen molar-refractivity contribution >= 4 is 5.69 Å². The molecule has 10 nitrogen and oxygen atoms in total. The maximum absolute atomic E-state index is 10.8. The molecule has 4 N–H and O–H groups in total. The Morgan fingerprint density at radius 3 is 1.45 bits per heavy atom. The van der Waals surface area contributed by atoms with Crippen LogP contribution in [-0.2, 0) is 12.8 Å². The van der Waals surface area contributed by atoms with Crippen molar-refractivity contribution in [1.82, 2.24) is 0 Å². The minimum atomic E-state index is -0.506. The minimum Gasteiger partial charge on any atom is -0.496 e. The van der Waals surface area contributed by atoms with Crippen LogP contribution in [0.3, 0.4) is 0 Å². The third kappa shape index (κ3) is 6.90. The van der Waals surface area contributed by atoms with Gasteiger partial charge in [-0.1, -0.05) is 0 Å². The van der Waals surface area contributed by atoms with E-state index >= 15 is 0 Å². The first-order valence-electron chi connectivity index (χ1n) is 9.48. The molecule has 0 aliphatic rings. The van der Waals surface area contributed by atoms with Gasteiger partial charge in [0.2, 0.25) is 0 Å². The van der Waals surface area contributed by atoms with Gasteiger partial charge in [0.1, 0.15) is 11.5 Å². The summed E-state index contributed by atoms with van der Waals surface area (Å²) < 4.78 is 25.7. The molecule has 0 aromatic heterocycles. The van der Waals surface area contributed by atoms with E-state index in [-0.39, 0.29) is 11.4 Å². The largest absolute Gasteiger partial charge is 0.496 e. The van der Waals surface area contributed by atoms with Crippen molar-refractivity contribution < 1.29 is 28.6 Å². The van der Waals surface area contributed by atoms with Gasteiger partial charge in [-0.3, -0.25) is 10.1 Å². The molecule has 0 atom stereocenters. The average molecular weight is 437 g/mol. The molecular formula is C21H31N3O7. The van der Waals surface area contributed by atoms with Gasteiger partial charge in [-0.05, 0) is 49.2 Å². The number of hydrogen-bond donors (Lipinski definition) is 2. The second-order valence-corrected chi connectivity index (χ2v) is 6.19. The van der Waals surface area contributed by atoms with Gasteiger partial charge < -0.3 is 35.2 Å². The van der Waals surface area contributed by atoms with Crippen molar-refractivity contribution in [2.24, 2.45) is 11.5 Å². The number of nitro benzene ring substituents is 1. The molecule has 0 bridgehead atoms. The number of methoxy groups -OCH3 is 5. The molecule has 2 aromatic carbocycles. The highest BCUT2D eigenvalue weighted by atomic mass is 16.6. The Morgan fingerprint density at radius 2 is 1.06 bits per heavy atom. The first-order chi connectivity index (χ1) is 14.9. The van der Waals surface area contributed by atoms with Crippen molar-refractivity contribution in [3.63, 3.8) is 0 Å². The van der Waals surface area contributed by atoms with Crippen LogP contribution in [0.2, 0.25) is 0 Å². The van der Waals surface area contributed by atoms with Gasteiger partial charge in [-0.15, -0.1) is 0 Å². The third-order valence-corrected chi connectivity index (χ3v) is 4.39. The zero-order valence-electron chi connectivity index (χ0n) is 18.6. The molecule has 0 spiro atoms. The lowest BCUT2D eigenvalue weighted by molar-refractivity contribution is -0.385. The van der Waals surface area contributed by atoms with Gasteiger partial charge in [0.15, 0.2) is 17.2 Å². The summed E-state index contributed by atoms with van der Waals surface area (Å²) in [5, 5.41) is 10.8. The summed E-state index contributed by atoms with van der Waals surface area (Å²) in [5.74, 6) is 2.81. The van der Waals surface area contributed by atoms with Crippen LogP contribution in [0.1, 0.15) is 11.1 Å². The summed E-state index contributed by atoms with van der Waals surface area (Å²) in [5.41, 5.74) is 12.7. The molecule has 172 valence electrons. The van der Waals surface area contributed by atoms with Crippen LogP contribution in [0.5, 0.6) is 28.7 Å². The molecular weight excluding hydrogens is 406 g/mol. The van der Waals surface area contributed by atoms with Crippen LogP contribution in [0.4, 0.5) is 5.69 Å². The molecule has 0 saturated heterocycles. The van der Waals surface area contributed by atoms with Crippen molar-refractivity contribution in [2.75, 3.05) is 48.6 Å². The fraction of sp³-hybridized carbons (Fsp3) is 0.429. The molecule has 31 heavy (non-hydrogen) atoms. The molecule has 0 aliphatic heterocycles. The lowest BCUT2D eigenvalue weighted by Crippen LogP contribution is -2.05. The molecule has 0 radical (unpaired) electrons. The van der Waals surface area contributed by atoms with E-state index < -0.39 is 4.92 Å². The monoisotopic (exact) mass is 437 g/mol. The van der Waals surface area contributed by atoms with Crippen molar-refractivity contribution in [2.45, 2.75) is 12.8 Å². The van der Waals surface area contributed by atoms with Gasteiger partial charge >= 0.3 is 5.69 Å². The quantitative estimate of drug-likeness (QED) is 0.423. The van der Waals surface area contributed by atoms with Crippen LogP contribution >= 0.6 is 0 Å². The SMILES string of the molecule is COc1cc(OC)c(OC)cc1CCN.COc1cc([N+](=O)[O-])c(OC)cc1CCN. The number of hydrogen-bond acceptors (Lipinski definition) is 9. The molecule has 2 rings (SSSR count). The van der Waals surface area contributed by atoms with E-state index in [1.54, 1.807) is 27.4 Å². The van der Waals surface area contributed by atoms with Gasteiger partial charge in [-0.25, -0.2) is 0 Å². The van der Waals surface area contributed by atoms with E-state index in [1.807, 2.05) is 12.1 Å². The normalized spacial score (nSPS) is 9.90. The highest BCUT2D eigenvalue weighted by Crippen LogP contribution is 2.35. The van der Waals surface area contributed by atoms with E-state index in [0.717, 1.165) is 23.3 Å². The number of rotatable bonds is 10. The first-order valence-corrected chi connectivity index (χ1v) is 9.48. The summed E-state index contributed by atoms with van der Waals surface area (Å²) in [7, 11) is 7.68. The molecule has 0 heterocycles. The molecule has 0 saturated carbocycles. The zero-order chi connectivity index (χ0) is 23.4. The molecule has 10 heteroatoms. The van der Waals surface area contributed by atoms with Gasteiger partial charge in [0.05, 0.1) is 46.5 Å². The van der Waals surface area contributed by atoms with Crippen LogP contribution in [-0.4, -0.2) is 53.6 Å². The highest BCUT2D eigenvalue weighted by Gasteiger charge is 2.19. The number of benzene rings is 2. The molecule has 0 aliphatic carbocycles. The zero-order valence-corrected chi connectivity index (χ0v) is 18.6. The second-order valence-electron chi connectivity index (χ2n) is 6.19. The fourth-order valence-electron chi connectivity index (χ4n) is 2.88. The standard InChI is InChI=1S/C11H17NO3.C10H14N2O4/c1-13-9-7-11(15-3)10(14-2)6-8(9)4-5-12;1-15-9-6-8(12(13)14)10(16-2)5-7(9)3-4-11/h6-7H,4-5,12H2,1-3H3;5-6H,3-4,11H2,1-2H3. The van der Waals surface area contributed by atoms with Crippen LogP contribution in [0.15, 0.2) is 24.3 Å². The molecule has 0 fully saturated rings. The molecule has 0 amide bonds. The lowest BCUT2D eigenvalue weighted by atomic mass is 10.1. The summed E-state index contributed by atoms with van der Waals surface area (Å²) >= 11 is 0. The first kappa shape index (κ1) is 25.8. The van der Waals surface area contributed by atoms with E-state index in [1.165, 1.54) is 20.3 Å². The number of nitro groups is 1. The summed E-state index contributed by atoms with van der Waals surface area (Å²) in [6.07, 6.45) is 1.33. The van der Waals surface area contributed by atoms with Gasteiger partial charge in [0, 0.05) is 6.07 Å². The number of ether oxygens (including phenoxy) is 5. The Labute approximate surface area is 182 Å². The molecule has 2 aromatic rings. The Hall–Kier alpha value is -3.24. The summed E-state index contributed by atoms with van der Waals surface area (Å²) in [4.78, 5) is 10.3. The van der Waals surface area contributed by atoms with Crippen LogP contribution in [0.25, 0.3) is 0 Å². The van der Waals surface area contributed by atoms with Crippen LogP contribution in [0, 0.1) is 10.1 Å². The Morgan fingerprint density at radius 1 is 0.677 bits per heavy atom. The second kappa shape index (κ2) is 13.1. The maximum Gasteiger partial charge on any atom is 0.314 e. The summed E-state index contributed by atoms with van der Waals surface area (Å²) in [6.45, 7) is 1.02. The van der Waals surface area contributed by atoms with Gasteiger partial charge in [-0.2, -0.15) is 0 Å². The van der Waals surface area contributed by atoms with Crippen molar-refractivity contribution in [1.29, 1.82) is 0 Å². The van der Waals surface area contributed by atoms with Crippen molar-refractivity contribution in [3.05, 3.63) is 45.5 Å². The Bertz CT molecular complexity index is 859. The Kier molecular flexibility index (Phi) is 10.9. The predicted molar refractivity (Wildman–Crippen MR) is 118 cm³/mol. The Balaban J connectivity index is 0.000000311. The highest BCUT2D eigenvalue weighted by molar-refractivity contribution is 5.55.